The van der Waals surface area contributed by atoms with E-state index in [4.69, 9.17) is 23.2 Å². The Bertz CT molecular complexity index is 591. The van der Waals surface area contributed by atoms with Gasteiger partial charge in [0.15, 0.2) is 5.15 Å². The summed E-state index contributed by atoms with van der Waals surface area (Å²) in [6, 6.07) is 1.64. The lowest BCUT2D eigenvalue weighted by atomic mass is 10.3. The number of rotatable bonds is 2. The molecule has 1 amide bonds. The molecule has 18 heavy (non-hydrogen) atoms. The fraction of sp³-hybridized carbons (Fsp3) is 0. The van der Waals surface area contributed by atoms with Crippen molar-refractivity contribution in [2.75, 3.05) is 5.32 Å². The summed E-state index contributed by atoms with van der Waals surface area (Å²) in [5, 5.41) is 2.98. The summed E-state index contributed by atoms with van der Waals surface area (Å²) >= 11 is 14.7. The first-order valence-corrected chi connectivity index (χ1v) is 6.21. The minimum Gasteiger partial charge on any atom is -0.318 e. The molecule has 0 aliphatic rings. The highest BCUT2D eigenvalue weighted by atomic mass is 79.9. The number of anilines is 1. The fourth-order valence-corrected chi connectivity index (χ4v) is 1.71. The highest BCUT2D eigenvalue weighted by Crippen LogP contribution is 2.23. The van der Waals surface area contributed by atoms with Crippen molar-refractivity contribution in [3.8, 4) is 0 Å². The van der Waals surface area contributed by atoms with Crippen molar-refractivity contribution in [3.63, 3.8) is 0 Å². The lowest BCUT2D eigenvalue weighted by molar-refractivity contribution is 0.102. The Kier molecular flexibility index (Phi) is 4.11. The zero-order valence-electron chi connectivity index (χ0n) is 8.69. The van der Waals surface area contributed by atoms with Gasteiger partial charge in [0, 0.05) is 10.7 Å². The molecule has 0 aliphatic carbocycles. The van der Waals surface area contributed by atoms with Crippen LogP contribution in [-0.2, 0) is 0 Å². The molecule has 0 atom stereocenters. The summed E-state index contributed by atoms with van der Waals surface area (Å²) in [7, 11) is 0. The van der Waals surface area contributed by atoms with E-state index in [1.165, 1.54) is 18.6 Å². The second kappa shape index (κ2) is 5.60. The van der Waals surface area contributed by atoms with Gasteiger partial charge in [-0.05, 0) is 22.0 Å². The first kappa shape index (κ1) is 13.2. The molecule has 92 valence electrons. The smallest absolute Gasteiger partial charge is 0.275 e. The van der Waals surface area contributed by atoms with Gasteiger partial charge in [-0.3, -0.25) is 4.79 Å². The van der Waals surface area contributed by atoms with Gasteiger partial charge in [-0.15, -0.1) is 0 Å². The van der Waals surface area contributed by atoms with Crippen LogP contribution in [0.5, 0.6) is 0 Å². The number of hydrogen-bond acceptors (Lipinski definition) is 4. The predicted molar refractivity (Wildman–Crippen MR) is 71.9 cm³/mol. The van der Waals surface area contributed by atoms with E-state index in [2.05, 4.69) is 36.2 Å². The summed E-state index contributed by atoms with van der Waals surface area (Å²) < 4.78 is 0.699. The van der Waals surface area contributed by atoms with E-state index < -0.39 is 5.91 Å². The third kappa shape index (κ3) is 3.16. The van der Waals surface area contributed by atoms with Gasteiger partial charge in [0.05, 0.1) is 18.1 Å². The number of hydrogen-bond donors (Lipinski definition) is 1. The molecule has 2 aromatic rings. The third-order valence-electron chi connectivity index (χ3n) is 1.91. The maximum atomic E-state index is 11.8. The zero-order valence-corrected chi connectivity index (χ0v) is 11.8. The maximum Gasteiger partial charge on any atom is 0.275 e. The SMILES string of the molecule is O=C(Nc1cc(Br)cnc1Cl)c1cnc(Cl)cn1. The van der Waals surface area contributed by atoms with Crippen LogP contribution in [0, 0.1) is 0 Å². The Morgan fingerprint density at radius 3 is 2.61 bits per heavy atom. The molecular weight excluding hydrogens is 343 g/mol. The summed E-state index contributed by atoms with van der Waals surface area (Å²) in [6.45, 7) is 0. The highest BCUT2D eigenvalue weighted by molar-refractivity contribution is 9.10. The van der Waals surface area contributed by atoms with Gasteiger partial charge in [-0.2, -0.15) is 0 Å². The zero-order chi connectivity index (χ0) is 13.1. The molecular formula is C10H5BrCl2N4O. The van der Waals surface area contributed by atoms with Crippen LogP contribution in [-0.4, -0.2) is 20.9 Å². The van der Waals surface area contributed by atoms with Crippen molar-refractivity contribution in [2.24, 2.45) is 0 Å². The number of aromatic nitrogens is 3. The number of nitrogens with one attached hydrogen (secondary N) is 1. The van der Waals surface area contributed by atoms with Gasteiger partial charge in [-0.1, -0.05) is 23.2 Å². The van der Waals surface area contributed by atoms with Crippen molar-refractivity contribution >= 4 is 50.7 Å². The minimum absolute atomic E-state index is 0.135. The number of halogens is 3. The molecule has 0 unspecified atom stereocenters. The monoisotopic (exact) mass is 346 g/mol. The Labute approximate surface area is 121 Å². The molecule has 0 bridgehead atoms. The van der Waals surface area contributed by atoms with Crippen molar-refractivity contribution in [1.29, 1.82) is 0 Å². The molecule has 0 spiro atoms. The van der Waals surface area contributed by atoms with Gasteiger partial charge >= 0.3 is 0 Å². The largest absolute Gasteiger partial charge is 0.318 e. The fourth-order valence-electron chi connectivity index (χ4n) is 1.13. The van der Waals surface area contributed by atoms with Crippen molar-refractivity contribution in [3.05, 3.63) is 45.1 Å². The molecule has 2 heterocycles. The molecule has 1 N–H and O–H groups in total. The van der Waals surface area contributed by atoms with Crippen LogP contribution in [0.2, 0.25) is 10.3 Å². The van der Waals surface area contributed by atoms with E-state index in [0.717, 1.165) is 0 Å². The Balaban J connectivity index is 2.21. The number of carbonyl (C=O) groups is 1. The molecule has 0 fully saturated rings. The van der Waals surface area contributed by atoms with Crippen molar-refractivity contribution in [1.82, 2.24) is 15.0 Å². The standard InChI is InChI=1S/C10H5BrCl2N4O/c11-5-1-6(9(13)16-2-5)17-10(18)7-3-15-8(12)4-14-7/h1-4H,(H,17,18). The van der Waals surface area contributed by atoms with Gasteiger partial charge in [0.25, 0.3) is 5.91 Å². The van der Waals surface area contributed by atoms with E-state index in [0.29, 0.717) is 10.2 Å². The van der Waals surface area contributed by atoms with E-state index in [-0.39, 0.29) is 16.0 Å². The second-order valence-corrected chi connectivity index (χ2v) is 4.83. The quantitative estimate of drug-likeness (QED) is 0.847. The van der Waals surface area contributed by atoms with Crippen LogP contribution in [0.4, 0.5) is 5.69 Å². The number of nitrogens with zero attached hydrogens (tertiary/aromatic N) is 3. The van der Waals surface area contributed by atoms with Gasteiger partial charge in [0.2, 0.25) is 0 Å². The summed E-state index contributed by atoms with van der Waals surface area (Å²) in [6.07, 6.45) is 4.09. The average molecular weight is 348 g/mol. The Hall–Kier alpha value is -1.24. The third-order valence-corrected chi connectivity index (χ3v) is 2.84. The second-order valence-electron chi connectivity index (χ2n) is 3.17. The predicted octanol–water partition coefficient (Wildman–Crippen LogP) is 3.19. The number of amides is 1. The average Bonchev–Trinajstić information content (AvgIpc) is 2.34. The molecule has 0 aliphatic heterocycles. The lowest BCUT2D eigenvalue weighted by Gasteiger charge is -2.06. The molecule has 0 saturated carbocycles. The van der Waals surface area contributed by atoms with E-state index in [9.17, 15) is 4.79 Å². The summed E-state index contributed by atoms with van der Waals surface area (Å²) in [5.41, 5.74) is 0.517. The first-order valence-electron chi connectivity index (χ1n) is 4.66. The molecule has 2 aromatic heterocycles. The van der Waals surface area contributed by atoms with Gasteiger partial charge in [-0.25, -0.2) is 15.0 Å². The first-order chi connectivity index (χ1) is 8.56. The highest BCUT2D eigenvalue weighted by Gasteiger charge is 2.11. The van der Waals surface area contributed by atoms with Gasteiger partial charge in [0.1, 0.15) is 10.8 Å². The van der Waals surface area contributed by atoms with Crippen LogP contribution in [0.25, 0.3) is 0 Å². The molecule has 0 aromatic carbocycles. The number of carbonyl (C=O) groups excluding carboxylic acids is 1. The molecule has 8 heteroatoms. The maximum absolute atomic E-state index is 11.8. The van der Waals surface area contributed by atoms with Crippen LogP contribution < -0.4 is 5.32 Å². The molecule has 0 saturated heterocycles. The van der Waals surface area contributed by atoms with Crippen LogP contribution in [0.3, 0.4) is 0 Å². The van der Waals surface area contributed by atoms with Crippen LogP contribution in [0.15, 0.2) is 29.1 Å². The molecule has 0 radical (unpaired) electrons. The lowest BCUT2D eigenvalue weighted by Crippen LogP contribution is -2.14. The summed E-state index contributed by atoms with van der Waals surface area (Å²) in [4.78, 5) is 23.3. The summed E-state index contributed by atoms with van der Waals surface area (Å²) in [5.74, 6) is -0.444. The normalized spacial score (nSPS) is 10.2. The van der Waals surface area contributed by atoms with Crippen LogP contribution >= 0.6 is 39.1 Å². The van der Waals surface area contributed by atoms with E-state index in [1.807, 2.05) is 0 Å². The number of pyridine rings is 1. The van der Waals surface area contributed by atoms with Crippen LogP contribution in [0.1, 0.15) is 10.5 Å². The topological polar surface area (TPSA) is 67.8 Å². The minimum atomic E-state index is -0.444. The Morgan fingerprint density at radius 1 is 1.17 bits per heavy atom. The molecule has 5 nitrogen and oxygen atoms in total. The van der Waals surface area contributed by atoms with E-state index in [1.54, 1.807) is 6.07 Å². The molecule has 2 rings (SSSR count). The van der Waals surface area contributed by atoms with E-state index >= 15 is 0 Å². The van der Waals surface area contributed by atoms with Gasteiger partial charge < -0.3 is 5.32 Å². The van der Waals surface area contributed by atoms with Crippen molar-refractivity contribution in [2.45, 2.75) is 0 Å². The van der Waals surface area contributed by atoms with Crippen molar-refractivity contribution < 1.29 is 4.79 Å². The Morgan fingerprint density at radius 2 is 1.94 bits per heavy atom.